The Kier molecular flexibility index (Phi) is 5.50. The lowest BCUT2D eigenvalue weighted by Crippen LogP contribution is -2.12. The van der Waals surface area contributed by atoms with Crippen molar-refractivity contribution in [3.05, 3.63) is 57.6 Å². The highest BCUT2D eigenvalue weighted by Crippen LogP contribution is 2.24. The number of hydrogen-bond donors (Lipinski definition) is 1. The lowest BCUT2D eigenvalue weighted by Gasteiger charge is -2.13. The fourth-order valence-corrected chi connectivity index (χ4v) is 2.42. The van der Waals surface area contributed by atoms with Crippen LogP contribution in [0, 0.1) is 20.8 Å². The number of rotatable bonds is 6. The maximum atomic E-state index is 11.2. The molecule has 5 heteroatoms. The van der Waals surface area contributed by atoms with Gasteiger partial charge in [0.15, 0.2) is 0 Å². The highest BCUT2D eigenvalue weighted by Gasteiger charge is 2.12. The zero-order chi connectivity index (χ0) is 17.0. The molecule has 1 N–H and O–H groups in total. The Morgan fingerprint density at radius 1 is 1.04 bits per heavy atom. The third-order valence-corrected chi connectivity index (χ3v) is 3.77. The van der Waals surface area contributed by atoms with Crippen molar-refractivity contribution in [3.8, 4) is 11.5 Å². The van der Waals surface area contributed by atoms with E-state index >= 15 is 0 Å². The Labute approximate surface area is 140 Å². The standard InChI is InChI=1S/C18H19ClO4/c1-11-8-12(2)13(3)17(9-11)23-7-6-22-16-5-4-14(19)10-15(16)18(20)21/h4-5,8-10H,6-7H2,1-3H3,(H,20,21). The zero-order valence-corrected chi connectivity index (χ0v) is 14.1. The first-order chi connectivity index (χ1) is 10.9. The van der Waals surface area contributed by atoms with Crippen LogP contribution in [0.5, 0.6) is 11.5 Å². The van der Waals surface area contributed by atoms with Gasteiger partial charge in [-0.05, 0) is 61.7 Å². The highest BCUT2D eigenvalue weighted by molar-refractivity contribution is 6.31. The maximum Gasteiger partial charge on any atom is 0.339 e. The SMILES string of the molecule is Cc1cc(C)c(C)c(OCCOc2ccc(Cl)cc2C(=O)O)c1. The van der Waals surface area contributed by atoms with Crippen LogP contribution in [0.15, 0.2) is 30.3 Å². The Morgan fingerprint density at radius 3 is 2.35 bits per heavy atom. The smallest absolute Gasteiger partial charge is 0.339 e. The lowest BCUT2D eigenvalue weighted by molar-refractivity contribution is 0.0691. The molecule has 122 valence electrons. The molecule has 0 fully saturated rings. The monoisotopic (exact) mass is 334 g/mol. The Morgan fingerprint density at radius 2 is 1.70 bits per heavy atom. The average Bonchev–Trinajstić information content (AvgIpc) is 2.49. The number of ether oxygens (including phenoxy) is 2. The molecule has 0 bridgehead atoms. The van der Waals surface area contributed by atoms with Gasteiger partial charge in [0.25, 0.3) is 0 Å². The number of carboxylic acid groups (broad SMARTS) is 1. The summed E-state index contributed by atoms with van der Waals surface area (Å²) in [6, 6.07) is 8.60. The molecule has 2 rings (SSSR count). The largest absolute Gasteiger partial charge is 0.490 e. The van der Waals surface area contributed by atoms with E-state index < -0.39 is 5.97 Å². The van der Waals surface area contributed by atoms with Gasteiger partial charge in [-0.25, -0.2) is 4.79 Å². The predicted octanol–water partition coefficient (Wildman–Crippen LogP) is 4.42. The van der Waals surface area contributed by atoms with Crippen LogP contribution in [0.2, 0.25) is 5.02 Å². The van der Waals surface area contributed by atoms with Crippen LogP contribution in [-0.4, -0.2) is 24.3 Å². The summed E-state index contributed by atoms with van der Waals surface area (Å²) >= 11 is 5.81. The summed E-state index contributed by atoms with van der Waals surface area (Å²) in [7, 11) is 0. The first-order valence-corrected chi connectivity index (χ1v) is 7.62. The van der Waals surface area contributed by atoms with Gasteiger partial charge in [-0.15, -0.1) is 0 Å². The number of carboxylic acids is 1. The molecule has 4 nitrogen and oxygen atoms in total. The number of carbonyl (C=O) groups is 1. The molecule has 0 radical (unpaired) electrons. The molecule has 0 saturated heterocycles. The molecular formula is C18H19ClO4. The number of hydrogen-bond acceptors (Lipinski definition) is 3. The second-order valence-corrected chi connectivity index (χ2v) is 5.78. The van der Waals surface area contributed by atoms with Gasteiger partial charge < -0.3 is 14.6 Å². The van der Waals surface area contributed by atoms with Crippen LogP contribution in [-0.2, 0) is 0 Å². The zero-order valence-electron chi connectivity index (χ0n) is 13.4. The van der Waals surface area contributed by atoms with Crippen molar-refractivity contribution in [2.45, 2.75) is 20.8 Å². The summed E-state index contributed by atoms with van der Waals surface area (Å²) in [6.07, 6.45) is 0. The van der Waals surface area contributed by atoms with Gasteiger partial charge in [0, 0.05) is 5.02 Å². The van der Waals surface area contributed by atoms with Crippen molar-refractivity contribution in [2.75, 3.05) is 13.2 Å². The van der Waals surface area contributed by atoms with Gasteiger partial charge in [0.2, 0.25) is 0 Å². The normalized spacial score (nSPS) is 10.4. The van der Waals surface area contributed by atoms with Crippen molar-refractivity contribution in [1.82, 2.24) is 0 Å². The van der Waals surface area contributed by atoms with E-state index in [9.17, 15) is 4.79 Å². The second-order valence-electron chi connectivity index (χ2n) is 5.35. The summed E-state index contributed by atoms with van der Waals surface area (Å²) < 4.78 is 11.3. The van der Waals surface area contributed by atoms with E-state index in [-0.39, 0.29) is 17.9 Å². The third kappa shape index (κ3) is 4.39. The van der Waals surface area contributed by atoms with Crippen LogP contribution < -0.4 is 9.47 Å². The summed E-state index contributed by atoms with van der Waals surface area (Å²) in [5.74, 6) is 0.0249. The first-order valence-electron chi connectivity index (χ1n) is 7.25. The second kappa shape index (κ2) is 7.38. The fraction of sp³-hybridized carbons (Fsp3) is 0.278. The van der Waals surface area contributed by atoms with E-state index in [1.54, 1.807) is 12.1 Å². The van der Waals surface area contributed by atoms with E-state index in [0.717, 1.165) is 16.9 Å². The number of halogens is 1. The molecule has 2 aromatic rings. The van der Waals surface area contributed by atoms with Crippen molar-refractivity contribution in [3.63, 3.8) is 0 Å². The minimum Gasteiger partial charge on any atom is -0.490 e. The van der Waals surface area contributed by atoms with E-state index in [1.165, 1.54) is 11.6 Å². The van der Waals surface area contributed by atoms with Gasteiger partial charge in [-0.1, -0.05) is 17.7 Å². The highest BCUT2D eigenvalue weighted by atomic mass is 35.5. The van der Waals surface area contributed by atoms with Gasteiger partial charge in [-0.2, -0.15) is 0 Å². The summed E-state index contributed by atoms with van der Waals surface area (Å²) in [6.45, 7) is 6.63. The van der Waals surface area contributed by atoms with Gasteiger partial charge >= 0.3 is 5.97 Å². The Bertz CT molecular complexity index is 725. The molecule has 0 aromatic heterocycles. The van der Waals surface area contributed by atoms with Crippen molar-refractivity contribution < 1.29 is 19.4 Å². The maximum absolute atomic E-state index is 11.2. The Hall–Kier alpha value is -2.20. The van der Waals surface area contributed by atoms with Crippen LogP contribution >= 0.6 is 11.6 Å². The fourth-order valence-electron chi connectivity index (χ4n) is 2.25. The lowest BCUT2D eigenvalue weighted by atomic mass is 10.1. The topological polar surface area (TPSA) is 55.8 Å². The van der Waals surface area contributed by atoms with Crippen LogP contribution in [0.1, 0.15) is 27.0 Å². The molecule has 0 aliphatic heterocycles. The molecule has 0 heterocycles. The Balaban J connectivity index is 1.98. The van der Waals surface area contributed by atoms with E-state index in [2.05, 4.69) is 6.07 Å². The minimum atomic E-state index is -1.08. The molecule has 23 heavy (non-hydrogen) atoms. The van der Waals surface area contributed by atoms with Gasteiger partial charge in [0.05, 0.1) is 0 Å². The van der Waals surface area contributed by atoms with Crippen molar-refractivity contribution in [2.24, 2.45) is 0 Å². The van der Waals surface area contributed by atoms with Crippen LogP contribution in [0.4, 0.5) is 0 Å². The van der Waals surface area contributed by atoms with E-state index in [4.69, 9.17) is 26.2 Å². The number of aryl methyl sites for hydroxylation is 2. The molecule has 0 aliphatic rings. The third-order valence-electron chi connectivity index (χ3n) is 3.53. The number of aromatic carboxylic acids is 1. The molecular weight excluding hydrogens is 316 g/mol. The van der Waals surface area contributed by atoms with E-state index in [1.807, 2.05) is 26.8 Å². The van der Waals surface area contributed by atoms with Crippen molar-refractivity contribution in [1.29, 1.82) is 0 Å². The molecule has 2 aromatic carbocycles. The minimum absolute atomic E-state index is 0.0417. The predicted molar refractivity (Wildman–Crippen MR) is 90.1 cm³/mol. The van der Waals surface area contributed by atoms with Crippen LogP contribution in [0.25, 0.3) is 0 Å². The van der Waals surface area contributed by atoms with Gasteiger partial charge in [-0.3, -0.25) is 0 Å². The van der Waals surface area contributed by atoms with Crippen LogP contribution in [0.3, 0.4) is 0 Å². The average molecular weight is 335 g/mol. The molecule has 0 atom stereocenters. The van der Waals surface area contributed by atoms with E-state index in [0.29, 0.717) is 11.6 Å². The first kappa shape index (κ1) is 17.2. The number of benzene rings is 2. The molecule has 0 spiro atoms. The molecule has 0 saturated carbocycles. The van der Waals surface area contributed by atoms with Crippen molar-refractivity contribution >= 4 is 17.6 Å². The summed E-state index contributed by atoms with van der Waals surface area (Å²) in [5.41, 5.74) is 3.44. The summed E-state index contributed by atoms with van der Waals surface area (Å²) in [4.78, 5) is 11.2. The molecule has 0 amide bonds. The molecule has 0 unspecified atom stereocenters. The quantitative estimate of drug-likeness (QED) is 0.794. The molecule has 0 aliphatic carbocycles. The van der Waals surface area contributed by atoms with Gasteiger partial charge in [0.1, 0.15) is 30.3 Å². The summed E-state index contributed by atoms with van der Waals surface area (Å²) in [5, 5.41) is 9.51.